The minimum Gasteiger partial charge on any atom is -0.332 e. The highest BCUT2D eigenvalue weighted by atomic mass is 15.2. The van der Waals surface area contributed by atoms with Crippen LogP contribution in [0.4, 0.5) is 0 Å². The largest absolute Gasteiger partial charge is 0.332 e. The Morgan fingerprint density at radius 3 is 2.83 bits per heavy atom. The molecule has 2 atom stereocenters. The number of imidazole rings is 1. The lowest BCUT2D eigenvalue weighted by Crippen LogP contribution is -2.27. The van der Waals surface area contributed by atoms with Gasteiger partial charge in [-0.15, -0.1) is 0 Å². The SMILES string of the molecule is CC(C)N1CCC(c2cn3c(n2)CCCC3C)C1. The van der Waals surface area contributed by atoms with Gasteiger partial charge in [0.25, 0.3) is 0 Å². The van der Waals surface area contributed by atoms with Gasteiger partial charge in [0.1, 0.15) is 5.82 Å². The van der Waals surface area contributed by atoms with Crippen molar-refractivity contribution in [1.82, 2.24) is 14.5 Å². The quantitative estimate of drug-likeness (QED) is 0.801. The molecule has 18 heavy (non-hydrogen) atoms. The smallest absolute Gasteiger partial charge is 0.109 e. The summed E-state index contributed by atoms with van der Waals surface area (Å²) >= 11 is 0. The topological polar surface area (TPSA) is 21.1 Å². The van der Waals surface area contributed by atoms with Crippen LogP contribution in [0.3, 0.4) is 0 Å². The summed E-state index contributed by atoms with van der Waals surface area (Å²) < 4.78 is 2.43. The highest BCUT2D eigenvalue weighted by Crippen LogP contribution is 2.31. The van der Waals surface area contributed by atoms with Crippen LogP contribution in [-0.2, 0) is 6.42 Å². The average molecular weight is 247 g/mol. The molecule has 0 radical (unpaired) electrons. The molecule has 3 heteroatoms. The van der Waals surface area contributed by atoms with Crippen molar-refractivity contribution < 1.29 is 0 Å². The summed E-state index contributed by atoms with van der Waals surface area (Å²) in [6, 6.07) is 1.32. The van der Waals surface area contributed by atoms with Crippen molar-refractivity contribution in [3.63, 3.8) is 0 Å². The van der Waals surface area contributed by atoms with Gasteiger partial charge >= 0.3 is 0 Å². The lowest BCUT2D eigenvalue weighted by atomic mass is 10.1. The molecule has 0 saturated carbocycles. The molecule has 2 unspecified atom stereocenters. The Labute approximate surface area is 110 Å². The first-order valence-electron chi connectivity index (χ1n) is 7.47. The van der Waals surface area contributed by atoms with Gasteiger partial charge in [0.2, 0.25) is 0 Å². The van der Waals surface area contributed by atoms with Gasteiger partial charge in [-0.1, -0.05) is 0 Å². The fourth-order valence-electron chi connectivity index (χ4n) is 3.41. The molecule has 1 fully saturated rings. The number of aromatic nitrogens is 2. The molecule has 1 aromatic heterocycles. The Hall–Kier alpha value is -0.830. The van der Waals surface area contributed by atoms with Gasteiger partial charge in [0.05, 0.1) is 5.69 Å². The molecule has 0 aliphatic carbocycles. The number of nitrogens with zero attached hydrogens (tertiary/aromatic N) is 3. The number of hydrogen-bond donors (Lipinski definition) is 0. The van der Waals surface area contributed by atoms with Crippen molar-refractivity contribution in [3.8, 4) is 0 Å². The van der Waals surface area contributed by atoms with Crippen LogP contribution < -0.4 is 0 Å². The summed E-state index contributed by atoms with van der Waals surface area (Å²) in [5, 5.41) is 0. The Balaban J connectivity index is 1.78. The standard InChI is InChI=1S/C15H25N3/c1-11(2)17-8-7-13(9-17)14-10-18-12(3)5-4-6-15(18)16-14/h10-13H,4-9H2,1-3H3. The molecule has 0 bridgehead atoms. The molecule has 3 nitrogen and oxygen atoms in total. The Morgan fingerprint density at radius 1 is 1.33 bits per heavy atom. The van der Waals surface area contributed by atoms with Gasteiger partial charge in [-0.25, -0.2) is 4.98 Å². The van der Waals surface area contributed by atoms with Crippen molar-refractivity contribution in [2.75, 3.05) is 13.1 Å². The Morgan fingerprint density at radius 2 is 2.17 bits per heavy atom. The molecule has 0 spiro atoms. The number of aryl methyl sites for hydroxylation is 1. The normalized spacial score (nSPS) is 28.9. The first-order chi connectivity index (χ1) is 8.65. The van der Waals surface area contributed by atoms with Crippen LogP contribution in [0, 0.1) is 0 Å². The summed E-state index contributed by atoms with van der Waals surface area (Å²) in [7, 11) is 0. The van der Waals surface area contributed by atoms with Gasteiger partial charge in [-0.05, 0) is 46.6 Å². The zero-order valence-electron chi connectivity index (χ0n) is 11.9. The monoisotopic (exact) mass is 247 g/mol. The summed E-state index contributed by atoms with van der Waals surface area (Å²) in [5.41, 5.74) is 1.35. The van der Waals surface area contributed by atoms with Gasteiger partial charge in [0.15, 0.2) is 0 Å². The molecular weight excluding hydrogens is 222 g/mol. The van der Waals surface area contributed by atoms with Crippen LogP contribution in [-0.4, -0.2) is 33.6 Å². The van der Waals surface area contributed by atoms with Crippen LogP contribution >= 0.6 is 0 Å². The highest BCUT2D eigenvalue weighted by Gasteiger charge is 2.28. The second-order valence-electron chi connectivity index (χ2n) is 6.30. The second kappa shape index (κ2) is 4.69. The zero-order chi connectivity index (χ0) is 12.7. The molecule has 1 saturated heterocycles. The number of rotatable bonds is 2. The van der Waals surface area contributed by atoms with Gasteiger partial charge in [0, 0.05) is 37.2 Å². The van der Waals surface area contributed by atoms with Crippen LogP contribution in [0.25, 0.3) is 0 Å². The molecule has 0 N–H and O–H groups in total. The van der Waals surface area contributed by atoms with Crippen LogP contribution in [0.2, 0.25) is 0 Å². The van der Waals surface area contributed by atoms with Gasteiger partial charge < -0.3 is 9.47 Å². The second-order valence-corrected chi connectivity index (χ2v) is 6.30. The molecule has 1 aromatic rings. The molecule has 100 valence electrons. The van der Waals surface area contributed by atoms with Crippen molar-refractivity contribution >= 4 is 0 Å². The van der Waals surface area contributed by atoms with E-state index in [9.17, 15) is 0 Å². The van der Waals surface area contributed by atoms with E-state index >= 15 is 0 Å². The fourth-order valence-corrected chi connectivity index (χ4v) is 3.41. The summed E-state index contributed by atoms with van der Waals surface area (Å²) in [6.07, 6.45) is 7.41. The third-order valence-electron chi connectivity index (χ3n) is 4.69. The lowest BCUT2D eigenvalue weighted by molar-refractivity contribution is 0.272. The van der Waals surface area contributed by atoms with E-state index in [1.165, 1.54) is 50.3 Å². The van der Waals surface area contributed by atoms with Crippen molar-refractivity contribution in [2.45, 2.75) is 64.5 Å². The van der Waals surface area contributed by atoms with E-state index in [-0.39, 0.29) is 0 Å². The highest BCUT2D eigenvalue weighted by molar-refractivity contribution is 5.14. The molecular formula is C15H25N3. The van der Waals surface area contributed by atoms with Crippen LogP contribution in [0.1, 0.15) is 63.5 Å². The van der Waals surface area contributed by atoms with Crippen LogP contribution in [0.5, 0.6) is 0 Å². The number of fused-ring (bicyclic) bond motifs is 1. The van der Waals surface area contributed by atoms with Gasteiger partial charge in [-0.2, -0.15) is 0 Å². The minimum atomic E-state index is 0.651. The average Bonchev–Trinajstić information content (AvgIpc) is 2.95. The summed E-state index contributed by atoms with van der Waals surface area (Å²) in [6.45, 7) is 9.34. The van der Waals surface area contributed by atoms with Crippen molar-refractivity contribution in [1.29, 1.82) is 0 Å². The minimum absolute atomic E-state index is 0.651. The molecule has 0 aromatic carbocycles. The predicted octanol–water partition coefficient (Wildman–Crippen LogP) is 2.98. The molecule has 3 rings (SSSR count). The predicted molar refractivity (Wildman–Crippen MR) is 73.9 cm³/mol. The maximum Gasteiger partial charge on any atom is 0.109 e. The van der Waals surface area contributed by atoms with Crippen molar-refractivity contribution in [3.05, 3.63) is 17.7 Å². The number of hydrogen-bond acceptors (Lipinski definition) is 2. The first-order valence-corrected chi connectivity index (χ1v) is 7.47. The molecule has 0 amide bonds. The molecule has 2 aliphatic heterocycles. The molecule has 3 heterocycles. The first kappa shape index (κ1) is 12.2. The van der Waals surface area contributed by atoms with E-state index in [2.05, 4.69) is 36.4 Å². The van der Waals surface area contributed by atoms with E-state index in [0.717, 1.165) is 0 Å². The third kappa shape index (κ3) is 2.09. The summed E-state index contributed by atoms with van der Waals surface area (Å²) in [4.78, 5) is 7.49. The molecule has 2 aliphatic rings. The lowest BCUT2D eigenvalue weighted by Gasteiger charge is -2.20. The fraction of sp³-hybridized carbons (Fsp3) is 0.800. The third-order valence-corrected chi connectivity index (χ3v) is 4.69. The van der Waals surface area contributed by atoms with Crippen LogP contribution in [0.15, 0.2) is 6.20 Å². The van der Waals surface area contributed by atoms with Gasteiger partial charge in [-0.3, -0.25) is 0 Å². The maximum absolute atomic E-state index is 4.91. The maximum atomic E-state index is 4.91. The summed E-state index contributed by atoms with van der Waals surface area (Å²) in [5.74, 6) is 1.99. The van der Waals surface area contributed by atoms with E-state index in [0.29, 0.717) is 18.0 Å². The van der Waals surface area contributed by atoms with E-state index in [4.69, 9.17) is 4.98 Å². The van der Waals surface area contributed by atoms with E-state index in [1.807, 2.05) is 0 Å². The Bertz CT molecular complexity index is 421. The Kier molecular flexibility index (Phi) is 3.18. The number of likely N-dealkylation sites (tertiary alicyclic amines) is 1. The van der Waals surface area contributed by atoms with E-state index in [1.54, 1.807) is 0 Å². The van der Waals surface area contributed by atoms with Crippen molar-refractivity contribution in [2.24, 2.45) is 0 Å². The van der Waals surface area contributed by atoms with E-state index < -0.39 is 0 Å². The zero-order valence-corrected chi connectivity index (χ0v) is 11.9.